The molecule has 0 saturated heterocycles. The van der Waals surface area contributed by atoms with E-state index in [1.165, 1.54) is 30.0 Å². The van der Waals surface area contributed by atoms with Gasteiger partial charge in [-0.05, 0) is 55.4 Å². The van der Waals surface area contributed by atoms with Crippen molar-refractivity contribution in [1.29, 1.82) is 0 Å². The van der Waals surface area contributed by atoms with Crippen LogP contribution in [0.4, 0.5) is 4.39 Å². The molecule has 0 spiro atoms. The highest BCUT2D eigenvalue weighted by Gasteiger charge is 2.11. The van der Waals surface area contributed by atoms with Gasteiger partial charge in [-0.15, -0.1) is 0 Å². The molecule has 30 heavy (non-hydrogen) atoms. The van der Waals surface area contributed by atoms with Gasteiger partial charge in [-0.3, -0.25) is 0 Å². The van der Waals surface area contributed by atoms with E-state index >= 15 is 0 Å². The molecule has 0 bridgehead atoms. The molecule has 0 aliphatic heterocycles. The fourth-order valence-corrected chi connectivity index (χ4v) is 3.91. The maximum atomic E-state index is 13.7. The quantitative estimate of drug-likeness (QED) is 0.469. The number of nitrogens with one attached hydrogen (secondary N) is 2. The van der Waals surface area contributed by atoms with Crippen molar-refractivity contribution in [2.24, 2.45) is 4.99 Å². The van der Waals surface area contributed by atoms with Crippen LogP contribution < -0.4 is 10.6 Å². The zero-order valence-corrected chi connectivity index (χ0v) is 18.9. The Hall–Kier alpha value is -2.45. The van der Waals surface area contributed by atoms with Gasteiger partial charge in [0.25, 0.3) is 0 Å². The van der Waals surface area contributed by atoms with E-state index in [2.05, 4.69) is 32.7 Å². The molecule has 164 valence electrons. The van der Waals surface area contributed by atoms with E-state index in [4.69, 9.17) is 0 Å². The van der Waals surface area contributed by atoms with Gasteiger partial charge < -0.3 is 15.5 Å². The molecule has 0 unspecified atom stereocenters. The molecule has 2 aromatic rings. The Morgan fingerprint density at radius 3 is 2.47 bits per heavy atom. The summed E-state index contributed by atoms with van der Waals surface area (Å²) in [5.74, 6) is 0.0604. The summed E-state index contributed by atoms with van der Waals surface area (Å²) >= 11 is 0. The maximum Gasteiger partial charge on any atom is 0.191 e. The number of aliphatic imine (C=N–C) groups is 1. The Kier molecular flexibility index (Phi) is 8.80. The van der Waals surface area contributed by atoms with Crippen molar-refractivity contribution in [2.75, 3.05) is 26.9 Å². The second kappa shape index (κ2) is 11.1. The Morgan fingerprint density at radius 1 is 1.07 bits per heavy atom. The van der Waals surface area contributed by atoms with Crippen molar-refractivity contribution < 1.29 is 12.8 Å². The van der Waals surface area contributed by atoms with Crippen LogP contribution in [0.1, 0.15) is 29.2 Å². The molecule has 2 N–H and O–H groups in total. The second-order valence-electron chi connectivity index (χ2n) is 7.59. The number of guanidine groups is 1. The van der Waals surface area contributed by atoms with E-state index in [0.29, 0.717) is 30.2 Å². The van der Waals surface area contributed by atoms with Crippen LogP contribution in [-0.2, 0) is 35.2 Å². The highest BCUT2D eigenvalue weighted by Crippen LogP contribution is 2.14. The van der Waals surface area contributed by atoms with Crippen LogP contribution >= 0.6 is 0 Å². The van der Waals surface area contributed by atoms with Gasteiger partial charge in [-0.2, -0.15) is 0 Å². The zero-order valence-electron chi connectivity index (χ0n) is 18.1. The molecule has 0 aliphatic rings. The fourth-order valence-electron chi connectivity index (χ4n) is 3.06. The molecule has 0 atom stereocenters. The molecule has 6 nitrogen and oxygen atoms in total. The highest BCUT2D eigenvalue weighted by molar-refractivity contribution is 7.89. The summed E-state index contributed by atoms with van der Waals surface area (Å²) in [6.07, 6.45) is 1.17. The number of hydrogen-bond acceptors (Lipinski definition) is 4. The number of benzene rings is 2. The van der Waals surface area contributed by atoms with Crippen LogP contribution in [0, 0.1) is 5.82 Å². The number of halogens is 1. The number of rotatable bonds is 9. The molecule has 0 saturated carbocycles. The summed E-state index contributed by atoms with van der Waals surface area (Å²) in [5, 5.41) is 6.35. The molecule has 0 aromatic heterocycles. The minimum atomic E-state index is -3.22. The lowest BCUT2D eigenvalue weighted by atomic mass is 10.1. The number of nitrogens with zero attached hydrogens (tertiary/aromatic N) is 2. The third-order valence-electron chi connectivity index (χ3n) is 4.29. The minimum absolute atomic E-state index is 0.128. The van der Waals surface area contributed by atoms with Crippen molar-refractivity contribution >= 4 is 15.8 Å². The van der Waals surface area contributed by atoms with Crippen LogP contribution in [0.2, 0.25) is 0 Å². The molecule has 0 heterocycles. The van der Waals surface area contributed by atoms with Crippen molar-refractivity contribution in [2.45, 2.75) is 32.3 Å². The van der Waals surface area contributed by atoms with E-state index in [0.717, 1.165) is 12.1 Å². The van der Waals surface area contributed by atoms with Crippen LogP contribution in [0.3, 0.4) is 0 Å². The third-order valence-corrected chi connectivity index (χ3v) is 5.12. The van der Waals surface area contributed by atoms with Crippen molar-refractivity contribution in [3.8, 4) is 0 Å². The summed E-state index contributed by atoms with van der Waals surface area (Å²) in [7, 11) is 0.841. The first-order valence-electron chi connectivity index (χ1n) is 9.86. The Labute approximate surface area is 179 Å². The normalized spacial score (nSPS) is 12.3. The zero-order chi connectivity index (χ0) is 22.1. The molecule has 8 heteroatoms. The van der Waals surface area contributed by atoms with Gasteiger partial charge in [0.1, 0.15) is 5.82 Å². The first-order chi connectivity index (χ1) is 14.2. The first-order valence-corrected chi connectivity index (χ1v) is 11.9. The molecule has 0 fully saturated rings. The molecule has 2 aromatic carbocycles. The smallest absolute Gasteiger partial charge is 0.191 e. The lowest BCUT2D eigenvalue weighted by Crippen LogP contribution is -2.37. The summed E-state index contributed by atoms with van der Waals surface area (Å²) < 4.78 is 37.1. The van der Waals surface area contributed by atoms with Crippen LogP contribution in [0.25, 0.3) is 0 Å². The van der Waals surface area contributed by atoms with Crippen LogP contribution in [0.15, 0.2) is 47.5 Å². The van der Waals surface area contributed by atoms with Gasteiger partial charge in [0.15, 0.2) is 15.8 Å². The summed E-state index contributed by atoms with van der Waals surface area (Å²) in [5.41, 5.74) is 3.49. The van der Waals surface area contributed by atoms with Crippen LogP contribution in [0.5, 0.6) is 0 Å². The van der Waals surface area contributed by atoms with Gasteiger partial charge in [0.2, 0.25) is 0 Å². The lowest BCUT2D eigenvalue weighted by Gasteiger charge is -2.14. The average molecular weight is 435 g/mol. The van der Waals surface area contributed by atoms with Crippen molar-refractivity contribution in [3.63, 3.8) is 0 Å². The topological polar surface area (TPSA) is 73.8 Å². The summed E-state index contributed by atoms with van der Waals surface area (Å²) in [6.45, 7) is 4.27. The highest BCUT2D eigenvalue weighted by atomic mass is 32.2. The summed E-state index contributed by atoms with van der Waals surface area (Å²) in [4.78, 5) is 6.73. The summed E-state index contributed by atoms with van der Waals surface area (Å²) in [6, 6.07) is 12.4. The number of hydrogen-bond donors (Lipinski definition) is 2. The molecular weight excluding hydrogens is 403 g/mol. The first kappa shape index (κ1) is 23.8. The lowest BCUT2D eigenvalue weighted by molar-refractivity contribution is 0.402. The van der Waals surface area contributed by atoms with Gasteiger partial charge in [0.05, 0.1) is 12.3 Å². The predicted octanol–water partition coefficient (Wildman–Crippen LogP) is 2.69. The van der Waals surface area contributed by atoms with Crippen molar-refractivity contribution in [1.82, 2.24) is 15.5 Å². The van der Waals surface area contributed by atoms with E-state index in [-0.39, 0.29) is 12.3 Å². The van der Waals surface area contributed by atoms with Gasteiger partial charge in [-0.1, -0.05) is 30.3 Å². The standard InChI is InChI=1S/C22H31FN4O2S/c1-5-24-22(25-13-17-7-6-8-18(11-17)15-27(2)3)26-14-20-12-21(23)10-9-19(20)16-30(4,28)29/h6-12H,5,13-16H2,1-4H3,(H2,24,25,26). The minimum Gasteiger partial charge on any atom is -0.357 e. The average Bonchev–Trinajstić information content (AvgIpc) is 2.64. The van der Waals surface area contributed by atoms with Gasteiger partial charge in [0, 0.05) is 25.9 Å². The second-order valence-corrected chi connectivity index (χ2v) is 9.73. The SMILES string of the molecule is CCNC(=NCc1cccc(CN(C)C)c1)NCc1cc(F)ccc1CS(C)(=O)=O. The van der Waals surface area contributed by atoms with E-state index < -0.39 is 15.7 Å². The Bertz CT molecular complexity index is 975. The van der Waals surface area contributed by atoms with Gasteiger partial charge >= 0.3 is 0 Å². The largest absolute Gasteiger partial charge is 0.357 e. The Balaban J connectivity index is 2.12. The predicted molar refractivity (Wildman–Crippen MR) is 120 cm³/mol. The number of sulfone groups is 1. The molecular formula is C22H31FN4O2S. The van der Waals surface area contributed by atoms with Gasteiger partial charge in [-0.25, -0.2) is 17.8 Å². The fraction of sp³-hybridized carbons (Fsp3) is 0.409. The van der Waals surface area contributed by atoms with Crippen LogP contribution in [-0.4, -0.2) is 46.2 Å². The van der Waals surface area contributed by atoms with E-state index in [1.807, 2.05) is 33.2 Å². The molecule has 0 aliphatic carbocycles. The molecule has 0 radical (unpaired) electrons. The Morgan fingerprint density at radius 2 is 1.80 bits per heavy atom. The molecule has 0 amide bonds. The van der Waals surface area contributed by atoms with Crippen molar-refractivity contribution in [3.05, 3.63) is 70.5 Å². The molecule has 2 rings (SSSR count). The van der Waals surface area contributed by atoms with E-state index in [9.17, 15) is 12.8 Å². The monoisotopic (exact) mass is 434 g/mol. The third kappa shape index (κ3) is 8.51. The maximum absolute atomic E-state index is 13.7. The van der Waals surface area contributed by atoms with E-state index in [1.54, 1.807) is 0 Å².